The van der Waals surface area contributed by atoms with Crippen molar-refractivity contribution in [1.82, 2.24) is 0 Å². The van der Waals surface area contributed by atoms with Crippen LogP contribution >= 0.6 is 11.6 Å². The van der Waals surface area contributed by atoms with E-state index < -0.39 is 12.1 Å². The van der Waals surface area contributed by atoms with Crippen molar-refractivity contribution in [1.29, 1.82) is 0 Å². The molecule has 84 valence electrons. The molecule has 2 atom stereocenters. The Hall–Kier alpha value is -0.570. The van der Waals surface area contributed by atoms with Crippen LogP contribution in [0.4, 0.5) is 0 Å². The molecule has 0 spiro atoms. The van der Waals surface area contributed by atoms with E-state index in [0.29, 0.717) is 5.02 Å². The van der Waals surface area contributed by atoms with Gasteiger partial charge in [0.1, 0.15) is 0 Å². The van der Waals surface area contributed by atoms with Crippen molar-refractivity contribution in [2.24, 2.45) is 11.1 Å². The molecule has 0 amide bonds. The number of hydrogen-bond acceptors (Lipinski definition) is 2. The molecule has 0 aliphatic rings. The molecule has 0 saturated heterocycles. The van der Waals surface area contributed by atoms with E-state index in [4.69, 9.17) is 17.3 Å². The van der Waals surface area contributed by atoms with E-state index in [1.165, 1.54) is 0 Å². The number of halogens is 1. The van der Waals surface area contributed by atoms with Gasteiger partial charge in [0, 0.05) is 5.02 Å². The van der Waals surface area contributed by atoms with Crippen LogP contribution in [-0.2, 0) is 0 Å². The van der Waals surface area contributed by atoms with E-state index >= 15 is 0 Å². The summed E-state index contributed by atoms with van der Waals surface area (Å²) in [6.07, 6.45) is -0.587. The van der Waals surface area contributed by atoms with Crippen LogP contribution < -0.4 is 5.73 Å². The maximum atomic E-state index is 10.0. The Bertz CT molecular complexity index is 333. The van der Waals surface area contributed by atoms with Crippen molar-refractivity contribution in [2.45, 2.75) is 32.9 Å². The zero-order valence-electron chi connectivity index (χ0n) is 9.37. The largest absolute Gasteiger partial charge is 0.391 e. The van der Waals surface area contributed by atoms with E-state index in [2.05, 4.69) is 0 Å². The molecule has 0 saturated carbocycles. The Morgan fingerprint density at radius 1 is 1.33 bits per heavy atom. The van der Waals surface area contributed by atoms with E-state index in [9.17, 15) is 5.11 Å². The fourth-order valence-corrected chi connectivity index (χ4v) is 1.63. The zero-order chi connectivity index (χ0) is 11.6. The Morgan fingerprint density at radius 3 is 2.40 bits per heavy atom. The quantitative estimate of drug-likeness (QED) is 0.816. The lowest BCUT2D eigenvalue weighted by Gasteiger charge is -2.31. The van der Waals surface area contributed by atoms with Gasteiger partial charge in [-0.05, 0) is 23.1 Å². The normalized spacial score (nSPS) is 16.1. The summed E-state index contributed by atoms with van der Waals surface area (Å²) in [5, 5.41) is 10.7. The predicted octanol–water partition coefficient (Wildman–Crippen LogP) is 2.75. The third-order valence-corrected chi connectivity index (χ3v) is 2.70. The van der Waals surface area contributed by atoms with Gasteiger partial charge < -0.3 is 10.8 Å². The second-order valence-corrected chi connectivity index (χ2v) is 5.33. The lowest BCUT2D eigenvalue weighted by molar-refractivity contribution is 0.0401. The smallest absolute Gasteiger partial charge is 0.0780 e. The monoisotopic (exact) mass is 227 g/mol. The summed E-state index contributed by atoms with van der Waals surface area (Å²) in [7, 11) is 0. The SMILES string of the molecule is CC(C)(C)[C@H](O)[C@H](N)c1cccc(Cl)c1. The number of hydrogen-bond donors (Lipinski definition) is 2. The fourth-order valence-electron chi connectivity index (χ4n) is 1.43. The molecule has 1 aromatic rings. The molecule has 0 aliphatic heterocycles. The molecule has 0 radical (unpaired) electrons. The molecule has 1 aromatic carbocycles. The first-order chi connectivity index (χ1) is 6.82. The average molecular weight is 228 g/mol. The Kier molecular flexibility index (Phi) is 3.77. The lowest BCUT2D eigenvalue weighted by atomic mass is 9.82. The molecular formula is C12H18ClNO. The topological polar surface area (TPSA) is 46.2 Å². The second kappa shape index (κ2) is 4.52. The van der Waals surface area contributed by atoms with Gasteiger partial charge in [-0.2, -0.15) is 0 Å². The van der Waals surface area contributed by atoms with Crippen LogP contribution in [0.3, 0.4) is 0 Å². The van der Waals surface area contributed by atoms with Crippen LogP contribution in [-0.4, -0.2) is 11.2 Å². The minimum absolute atomic E-state index is 0.234. The van der Waals surface area contributed by atoms with Crippen molar-refractivity contribution in [2.75, 3.05) is 0 Å². The highest BCUT2D eigenvalue weighted by atomic mass is 35.5. The summed E-state index contributed by atoms with van der Waals surface area (Å²) in [5.74, 6) is 0. The van der Waals surface area contributed by atoms with Crippen molar-refractivity contribution in [3.05, 3.63) is 34.9 Å². The molecule has 0 bridgehead atoms. The minimum Gasteiger partial charge on any atom is -0.391 e. The maximum absolute atomic E-state index is 10.0. The van der Waals surface area contributed by atoms with Gasteiger partial charge in [0.25, 0.3) is 0 Å². The summed E-state index contributed by atoms with van der Waals surface area (Å²) in [6.45, 7) is 5.88. The highest BCUT2D eigenvalue weighted by Gasteiger charge is 2.28. The Balaban J connectivity index is 2.90. The molecule has 3 N–H and O–H groups in total. The van der Waals surface area contributed by atoms with Gasteiger partial charge >= 0.3 is 0 Å². The molecule has 15 heavy (non-hydrogen) atoms. The molecular weight excluding hydrogens is 210 g/mol. The fraction of sp³-hybridized carbons (Fsp3) is 0.500. The molecule has 0 aliphatic carbocycles. The molecule has 0 aromatic heterocycles. The van der Waals surface area contributed by atoms with E-state index in [1.54, 1.807) is 12.1 Å². The summed E-state index contributed by atoms with van der Waals surface area (Å²) in [6, 6.07) is 6.91. The van der Waals surface area contributed by atoms with Gasteiger partial charge in [-0.1, -0.05) is 44.5 Å². The lowest BCUT2D eigenvalue weighted by Crippen LogP contribution is -2.36. The van der Waals surface area contributed by atoms with E-state index in [0.717, 1.165) is 5.56 Å². The van der Waals surface area contributed by atoms with Crippen molar-refractivity contribution >= 4 is 11.6 Å². The van der Waals surface area contributed by atoms with Crippen LogP contribution in [0.25, 0.3) is 0 Å². The predicted molar refractivity (Wildman–Crippen MR) is 63.8 cm³/mol. The Morgan fingerprint density at radius 2 is 1.93 bits per heavy atom. The van der Waals surface area contributed by atoms with Gasteiger partial charge in [-0.15, -0.1) is 0 Å². The third kappa shape index (κ3) is 3.20. The Labute approximate surface area is 96.1 Å². The summed E-state index contributed by atoms with van der Waals surface area (Å²) in [4.78, 5) is 0. The zero-order valence-corrected chi connectivity index (χ0v) is 10.1. The minimum atomic E-state index is -0.587. The first-order valence-electron chi connectivity index (χ1n) is 5.01. The first-order valence-corrected chi connectivity index (χ1v) is 5.39. The first kappa shape index (κ1) is 12.5. The van der Waals surface area contributed by atoms with Gasteiger partial charge in [0.2, 0.25) is 0 Å². The van der Waals surface area contributed by atoms with Crippen LogP contribution in [0.1, 0.15) is 32.4 Å². The second-order valence-electron chi connectivity index (χ2n) is 4.89. The highest BCUT2D eigenvalue weighted by Crippen LogP contribution is 2.29. The van der Waals surface area contributed by atoms with Crippen molar-refractivity contribution < 1.29 is 5.11 Å². The number of nitrogens with two attached hydrogens (primary N) is 1. The van der Waals surface area contributed by atoms with Crippen LogP contribution in [0.15, 0.2) is 24.3 Å². The summed E-state index contributed by atoms with van der Waals surface area (Å²) >= 11 is 5.87. The standard InChI is InChI=1S/C12H18ClNO/c1-12(2,3)11(15)10(14)8-5-4-6-9(13)7-8/h4-7,10-11,15H,14H2,1-3H3/t10-,11-/m1/s1. The number of benzene rings is 1. The van der Waals surface area contributed by atoms with Gasteiger partial charge in [-0.3, -0.25) is 0 Å². The molecule has 0 heterocycles. The van der Waals surface area contributed by atoms with Crippen molar-refractivity contribution in [3.63, 3.8) is 0 Å². The number of aliphatic hydroxyl groups is 1. The van der Waals surface area contributed by atoms with Gasteiger partial charge in [0.15, 0.2) is 0 Å². The maximum Gasteiger partial charge on any atom is 0.0780 e. The van der Waals surface area contributed by atoms with Gasteiger partial charge in [0.05, 0.1) is 12.1 Å². The van der Waals surface area contributed by atoms with Crippen molar-refractivity contribution in [3.8, 4) is 0 Å². The number of rotatable bonds is 2. The summed E-state index contributed by atoms with van der Waals surface area (Å²) < 4.78 is 0. The molecule has 0 unspecified atom stereocenters. The molecule has 0 fully saturated rings. The molecule has 1 rings (SSSR count). The third-order valence-electron chi connectivity index (χ3n) is 2.46. The van der Waals surface area contributed by atoms with Gasteiger partial charge in [-0.25, -0.2) is 0 Å². The van der Waals surface area contributed by atoms with Crippen LogP contribution in [0.5, 0.6) is 0 Å². The van der Waals surface area contributed by atoms with Crippen LogP contribution in [0, 0.1) is 5.41 Å². The average Bonchev–Trinajstić information content (AvgIpc) is 2.14. The van der Waals surface area contributed by atoms with Crippen LogP contribution in [0.2, 0.25) is 5.02 Å². The van der Waals surface area contributed by atoms with E-state index in [1.807, 2.05) is 32.9 Å². The molecule has 2 nitrogen and oxygen atoms in total. The number of aliphatic hydroxyl groups excluding tert-OH is 1. The molecule has 3 heteroatoms. The summed E-state index contributed by atoms with van der Waals surface area (Å²) in [5.41, 5.74) is 6.62. The highest BCUT2D eigenvalue weighted by molar-refractivity contribution is 6.30. The van der Waals surface area contributed by atoms with E-state index in [-0.39, 0.29) is 5.41 Å².